The number of carboxylic acids is 1. The van der Waals surface area contributed by atoms with E-state index in [1.54, 1.807) is 18.4 Å². The summed E-state index contributed by atoms with van der Waals surface area (Å²) >= 11 is 7.68. The first-order valence-corrected chi connectivity index (χ1v) is 12.3. The molecule has 1 heterocycles. The first-order valence-electron chi connectivity index (χ1n) is 9.19. The van der Waals surface area contributed by atoms with Crippen molar-refractivity contribution < 1.29 is 24.0 Å². The van der Waals surface area contributed by atoms with Crippen molar-refractivity contribution in [2.45, 2.75) is 12.5 Å². The van der Waals surface area contributed by atoms with Gasteiger partial charge in [-0.25, -0.2) is 4.79 Å². The molecule has 0 radical (unpaired) electrons. The minimum atomic E-state index is -1.09. The summed E-state index contributed by atoms with van der Waals surface area (Å²) in [6, 6.07) is 10.0. The Hall–Kier alpha value is -2.27. The van der Waals surface area contributed by atoms with Gasteiger partial charge in [-0.2, -0.15) is 11.8 Å². The number of aliphatic carboxylic acids is 1. The zero-order valence-electron chi connectivity index (χ0n) is 17.4. The van der Waals surface area contributed by atoms with Gasteiger partial charge in [0.05, 0.1) is 23.2 Å². The zero-order chi connectivity index (χ0) is 22.8. The maximum Gasteiger partial charge on any atom is 0.326 e. The Bertz CT molecular complexity index is 927. The van der Waals surface area contributed by atoms with Gasteiger partial charge in [-0.15, -0.1) is 11.8 Å². The van der Waals surface area contributed by atoms with E-state index in [1.165, 1.54) is 30.6 Å². The Morgan fingerprint density at radius 3 is 2.52 bits per heavy atom. The van der Waals surface area contributed by atoms with Crippen molar-refractivity contribution in [2.75, 3.05) is 30.9 Å². The van der Waals surface area contributed by atoms with E-state index in [4.69, 9.17) is 21.5 Å². The van der Waals surface area contributed by atoms with Gasteiger partial charge in [-0.1, -0.05) is 12.2 Å². The number of carbonyl (C=O) groups excluding carboxylic acids is 1. The number of thioether (sulfide) groups is 2. The number of anilines is 1. The number of thiocarbonyl (C=S) groups is 1. The molecule has 1 amide bonds. The lowest BCUT2D eigenvalue weighted by molar-refractivity contribution is -0.145. The average molecular weight is 481 g/mol. The van der Waals surface area contributed by atoms with Crippen molar-refractivity contribution in [2.24, 2.45) is 0 Å². The van der Waals surface area contributed by atoms with Gasteiger partial charge in [-0.3, -0.25) is 20.0 Å². The van der Waals surface area contributed by atoms with Gasteiger partial charge in [0.25, 0.3) is 5.91 Å². The summed E-state index contributed by atoms with van der Waals surface area (Å²) in [5.74, 6) is 0.160. The molecule has 0 aliphatic heterocycles. The number of benzene rings is 1. The SMILES string of the molecule is CONc1ccc(-c2ccc(/C=C(/SC)C(=O)N(C=S)C(CCSC)C(=O)O)o2)cc1. The molecule has 10 heteroatoms. The highest BCUT2D eigenvalue weighted by atomic mass is 32.2. The highest BCUT2D eigenvalue weighted by Crippen LogP contribution is 2.27. The second kappa shape index (κ2) is 12.6. The molecular formula is C21H24N2O5S3. The highest BCUT2D eigenvalue weighted by molar-refractivity contribution is 8.03. The third-order valence-electron chi connectivity index (χ3n) is 4.28. The summed E-state index contributed by atoms with van der Waals surface area (Å²) in [5.41, 5.74) is 5.52. The molecule has 2 aromatic rings. The number of carbonyl (C=O) groups is 2. The lowest BCUT2D eigenvalue weighted by Crippen LogP contribution is -2.44. The minimum absolute atomic E-state index is 0.301. The largest absolute Gasteiger partial charge is 0.480 e. The van der Waals surface area contributed by atoms with Crippen LogP contribution in [0.5, 0.6) is 0 Å². The third kappa shape index (κ3) is 6.86. The number of hydrogen-bond acceptors (Lipinski definition) is 8. The number of carboxylic acid groups (broad SMARTS) is 1. The number of furan rings is 1. The van der Waals surface area contributed by atoms with E-state index in [1.807, 2.05) is 36.6 Å². The molecule has 0 bridgehead atoms. The van der Waals surface area contributed by atoms with E-state index in [2.05, 4.69) is 5.48 Å². The summed E-state index contributed by atoms with van der Waals surface area (Å²) in [6.07, 6.45) is 5.52. The number of hydrogen-bond donors (Lipinski definition) is 2. The quantitative estimate of drug-likeness (QED) is 0.256. The maximum atomic E-state index is 13.0. The van der Waals surface area contributed by atoms with Gasteiger partial charge in [0.15, 0.2) is 0 Å². The van der Waals surface area contributed by atoms with Crippen molar-refractivity contribution >= 4 is 64.9 Å². The zero-order valence-corrected chi connectivity index (χ0v) is 19.8. The van der Waals surface area contributed by atoms with Crippen LogP contribution in [0.4, 0.5) is 5.69 Å². The summed E-state index contributed by atoms with van der Waals surface area (Å²) in [4.78, 5) is 31.0. The normalized spacial score (nSPS) is 12.3. The molecule has 0 saturated carbocycles. The van der Waals surface area contributed by atoms with Gasteiger partial charge < -0.3 is 9.52 Å². The molecule has 0 aliphatic carbocycles. The Morgan fingerprint density at radius 1 is 1.26 bits per heavy atom. The van der Waals surface area contributed by atoms with E-state index in [9.17, 15) is 14.7 Å². The van der Waals surface area contributed by atoms with Crippen molar-refractivity contribution in [3.63, 3.8) is 0 Å². The van der Waals surface area contributed by atoms with E-state index in [0.29, 0.717) is 28.6 Å². The Morgan fingerprint density at radius 2 is 1.97 bits per heavy atom. The molecule has 1 aromatic carbocycles. The molecule has 0 fully saturated rings. The molecule has 7 nitrogen and oxygen atoms in total. The predicted octanol–water partition coefficient (Wildman–Crippen LogP) is 4.62. The average Bonchev–Trinajstić information content (AvgIpc) is 3.23. The van der Waals surface area contributed by atoms with Crippen molar-refractivity contribution in [1.82, 2.24) is 4.90 Å². The molecule has 1 aromatic heterocycles. The Kier molecular flexibility index (Phi) is 10.1. The summed E-state index contributed by atoms with van der Waals surface area (Å²) in [7, 11) is 1.54. The molecule has 2 N–H and O–H groups in total. The lowest BCUT2D eigenvalue weighted by atomic mass is 10.1. The molecule has 0 saturated heterocycles. The van der Waals surface area contributed by atoms with E-state index < -0.39 is 17.9 Å². The van der Waals surface area contributed by atoms with Gasteiger partial charge in [0.1, 0.15) is 17.6 Å². The maximum absolute atomic E-state index is 13.0. The van der Waals surface area contributed by atoms with Crippen LogP contribution < -0.4 is 5.48 Å². The van der Waals surface area contributed by atoms with Gasteiger partial charge in [0, 0.05) is 5.56 Å². The summed E-state index contributed by atoms with van der Waals surface area (Å²) < 4.78 is 5.87. The van der Waals surface area contributed by atoms with Crippen molar-refractivity contribution in [3.8, 4) is 11.3 Å². The van der Waals surface area contributed by atoms with E-state index in [-0.39, 0.29) is 0 Å². The van der Waals surface area contributed by atoms with Crippen LogP contribution >= 0.6 is 35.7 Å². The lowest BCUT2D eigenvalue weighted by Gasteiger charge is -2.25. The van der Waals surface area contributed by atoms with Crippen LogP contribution in [0.1, 0.15) is 12.2 Å². The van der Waals surface area contributed by atoms with Gasteiger partial charge in [0.2, 0.25) is 0 Å². The first-order chi connectivity index (χ1) is 14.9. The number of rotatable bonds is 12. The molecule has 0 aliphatic rings. The molecule has 2 rings (SSSR count). The second-order valence-corrected chi connectivity index (χ2v) is 8.30. The summed E-state index contributed by atoms with van der Waals surface area (Å²) in [5, 5.41) is 9.55. The molecule has 0 spiro atoms. The van der Waals surface area contributed by atoms with Crippen LogP contribution in [0, 0.1) is 0 Å². The third-order valence-corrected chi connectivity index (χ3v) is 5.89. The van der Waals surface area contributed by atoms with Gasteiger partial charge >= 0.3 is 5.97 Å². The van der Waals surface area contributed by atoms with Crippen LogP contribution in [0.15, 0.2) is 45.7 Å². The first kappa shape index (κ1) is 25.0. The van der Waals surface area contributed by atoms with Crippen LogP contribution in [0.25, 0.3) is 17.4 Å². The van der Waals surface area contributed by atoms with E-state index in [0.717, 1.165) is 21.6 Å². The predicted molar refractivity (Wildman–Crippen MR) is 131 cm³/mol. The van der Waals surface area contributed by atoms with Gasteiger partial charge in [-0.05, 0) is 67.2 Å². The highest BCUT2D eigenvalue weighted by Gasteiger charge is 2.29. The van der Waals surface area contributed by atoms with Crippen LogP contribution in [-0.2, 0) is 14.4 Å². The smallest absolute Gasteiger partial charge is 0.326 e. The van der Waals surface area contributed by atoms with E-state index >= 15 is 0 Å². The number of amides is 1. The van der Waals surface area contributed by atoms with Crippen molar-refractivity contribution in [3.05, 3.63) is 47.1 Å². The Balaban J connectivity index is 2.24. The monoisotopic (exact) mass is 480 g/mol. The molecule has 1 unspecified atom stereocenters. The Labute approximate surface area is 195 Å². The van der Waals surface area contributed by atoms with Crippen LogP contribution in [0.2, 0.25) is 0 Å². The standard InChI is InChI=1S/C21H24N2O5S3/c1-27-22-15-6-4-14(5-7-15)18-9-8-16(28-18)12-19(31-3)20(24)23(13-29)17(21(25)26)10-11-30-2/h4-9,12-13,17,22H,10-11H2,1-3H3,(H,25,26)/b19-12+. The summed E-state index contributed by atoms with van der Waals surface area (Å²) in [6.45, 7) is 0. The van der Waals surface area contributed by atoms with Crippen molar-refractivity contribution in [1.29, 1.82) is 0 Å². The van der Waals surface area contributed by atoms with Crippen LogP contribution in [0.3, 0.4) is 0 Å². The second-order valence-electron chi connectivity index (χ2n) is 6.25. The number of nitrogens with zero attached hydrogens (tertiary/aromatic N) is 1. The topological polar surface area (TPSA) is 92.0 Å². The minimum Gasteiger partial charge on any atom is -0.480 e. The molecule has 31 heavy (non-hydrogen) atoms. The fourth-order valence-corrected chi connectivity index (χ4v) is 3.96. The number of nitrogens with one attached hydrogen (secondary N) is 1. The molecule has 166 valence electrons. The fourth-order valence-electron chi connectivity index (χ4n) is 2.74. The molecular weight excluding hydrogens is 456 g/mol. The van der Waals surface area contributed by atoms with Crippen LogP contribution in [-0.4, -0.2) is 58.8 Å². The molecule has 1 atom stereocenters. The fraction of sp³-hybridized carbons (Fsp3) is 0.286.